The molecular formula is C12H13FN2O2. The van der Waals surface area contributed by atoms with Crippen LogP contribution in [-0.2, 0) is 6.42 Å². The van der Waals surface area contributed by atoms with E-state index in [1.807, 2.05) is 0 Å². The Kier molecular flexibility index (Phi) is 3.10. The van der Waals surface area contributed by atoms with E-state index in [1.165, 1.54) is 10.6 Å². The number of hydrogen-bond donors (Lipinski definition) is 2. The molecule has 0 saturated carbocycles. The Bertz CT molecular complexity index is 563. The molecule has 0 saturated heterocycles. The molecule has 5 heteroatoms. The van der Waals surface area contributed by atoms with Crippen molar-refractivity contribution in [1.82, 2.24) is 4.57 Å². The predicted molar refractivity (Wildman–Crippen MR) is 63.0 cm³/mol. The van der Waals surface area contributed by atoms with Gasteiger partial charge in [0.05, 0.1) is 5.52 Å². The van der Waals surface area contributed by atoms with Gasteiger partial charge in [0, 0.05) is 11.6 Å². The first-order valence-electron chi connectivity index (χ1n) is 5.29. The molecule has 17 heavy (non-hydrogen) atoms. The van der Waals surface area contributed by atoms with Crippen LogP contribution >= 0.6 is 0 Å². The number of rotatable bonds is 3. The Balaban J connectivity index is 2.66. The molecule has 0 atom stereocenters. The fourth-order valence-electron chi connectivity index (χ4n) is 1.91. The van der Waals surface area contributed by atoms with E-state index < -0.39 is 12.6 Å². The lowest BCUT2D eigenvalue weighted by molar-refractivity contribution is 0.0882. The molecule has 0 amide bonds. The van der Waals surface area contributed by atoms with Crippen LogP contribution in [0.4, 0.5) is 4.39 Å². The van der Waals surface area contributed by atoms with E-state index in [0.717, 1.165) is 10.9 Å². The SMILES string of the molecule is NCCc1cn(C(=O)CF)c2ccc(O)cc12. The molecular weight excluding hydrogens is 223 g/mol. The normalized spacial score (nSPS) is 10.9. The number of aromatic nitrogens is 1. The van der Waals surface area contributed by atoms with Gasteiger partial charge in [0.25, 0.3) is 5.91 Å². The van der Waals surface area contributed by atoms with Crippen molar-refractivity contribution in [3.05, 3.63) is 30.0 Å². The minimum absolute atomic E-state index is 0.112. The van der Waals surface area contributed by atoms with E-state index in [0.29, 0.717) is 18.5 Å². The summed E-state index contributed by atoms with van der Waals surface area (Å²) in [5, 5.41) is 10.2. The number of aromatic hydroxyl groups is 1. The zero-order valence-corrected chi connectivity index (χ0v) is 9.19. The highest BCUT2D eigenvalue weighted by Gasteiger charge is 2.13. The molecule has 0 aliphatic carbocycles. The van der Waals surface area contributed by atoms with E-state index in [2.05, 4.69) is 0 Å². The molecule has 1 aromatic heterocycles. The number of halogens is 1. The maximum Gasteiger partial charge on any atom is 0.262 e. The first kappa shape index (κ1) is 11.6. The second kappa shape index (κ2) is 4.55. The molecule has 90 valence electrons. The van der Waals surface area contributed by atoms with E-state index in [9.17, 15) is 14.3 Å². The predicted octanol–water partition coefficient (Wildman–Crippen LogP) is 1.46. The van der Waals surface area contributed by atoms with Gasteiger partial charge in [-0.3, -0.25) is 9.36 Å². The first-order chi connectivity index (χ1) is 8.17. The lowest BCUT2D eigenvalue weighted by Crippen LogP contribution is -2.10. The van der Waals surface area contributed by atoms with Gasteiger partial charge in [-0.1, -0.05) is 0 Å². The molecule has 0 radical (unpaired) electrons. The maximum absolute atomic E-state index is 12.4. The van der Waals surface area contributed by atoms with Gasteiger partial charge in [0.2, 0.25) is 0 Å². The van der Waals surface area contributed by atoms with Crippen LogP contribution in [0.5, 0.6) is 5.75 Å². The standard InChI is InChI=1S/C12H13FN2O2/c13-6-12(17)15-7-8(3-4-14)10-5-9(16)1-2-11(10)15/h1-2,5,7,16H,3-4,6,14H2. The fourth-order valence-corrected chi connectivity index (χ4v) is 1.91. The number of nitrogens with two attached hydrogens (primary N) is 1. The van der Waals surface area contributed by atoms with Crippen LogP contribution in [0.25, 0.3) is 10.9 Å². The Morgan fingerprint density at radius 1 is 1.47 bits per heavy atom. The van der Waals surface area contributed by atoms with E-state index >= 15 is 0 Å². The zero-order chi connectivity index (χ0) is 12.4. The fraction of sp³-hybridized carbons (Fsp3) is 0.250. The molecule has 2 rings (SSSR count). The number of fused-ring (bicyclic) bond motifs is 1. The molecule has 0 bridgehead atoms. The van der Waals surface area contributed by atoms with Gasteiger partial charge >= 0.3 is 0 Å². The zero-order valence-electron chi connectivity index (χ0n) is 9.19. The second-order valence-corrected chi connectivity index (χ2v) is 3.79. The molecule has 0 fully saturated rings. The van der Waals surface area contributed by atoms with Crippen molar-refractivity contribution in [2.45, 2.75) is 6.42 Å². The summed E-state index contributed by atoms with van der Waals surface area (Å²) in [4.78, 5) is 11.4. The molecule has 0 aliphatic heterocycles. The summed E-state index contributed by atoms with van der Waals surface area (Å²) in [5.41, 5.74) is 6.90. The van der Waals surface area contributed by atoms with E-state index in [1.54, 1.807) is 18.3 Å². The highest BCUT2D eigenvalue weighted by atomic mass is 19.1. The van der Waals surface area contributed by atoms with Crippen LogP contribution in [0.3, 0.4) is 0 Å². The molecule has 1 heterocycles. The summed E-state index contributed by atoms with van der Waals surface area (Å²) in [7, 11) is 0. The number of carbonyl (C=O) groups excluding carboxylic acids is 1. The smallest absolute Gasteiger partial charge is 0.262 e. The topological polar surface area (TPSA) is 68.2 Å². The maximum atomic E-state index is 12.4. The van der Waals surface area contributed by atoms with Gasteiger partial charge in [-0.05, 0) is 36.7 Å². The van der Waals surface area contributed by atoms with Gasteiger partial charge in [-0.2, -0.15) is 0 Å². The van der Waals surface area contributed by atoms with Crippen molar-refractivity contribution in [2.24, 2.45) is 5.73 Å². The molecule has 0 unspecified atom stereocenters. The molecule has 4 nitrogen and oxygen atoms in total. The number of hydrogen-bond acceptors (Lipinski definition) is 3. The van der Waals surface area contributed by atoms with Crippen molar-refractivity contribution in [3.8, 4) is 5.75 Å². The van der Waals surface area contributed by atoms with Gasteiger partial charge in [0.1, 0.15) is 5.75 Å². The number of alkyl halides is 1. The largest absolute Gasteiger partial charge is 0.508 e. The van der Waals surface area contributed by atoms with Gasteiger partial charge < -0.3 is 10.8 Å². The van der Waals surface area contributed by atoms with Crippen LogP contribution in [0, 0.1) is 0 Å². The highest BCUT2D eigenvalue weighted by molar-refractivity contribution is 5.95. The molecule has 2 aromatic rings. The minimum Gasteiger partial charge on any atom is -0.508 e. The van der Waals surface area contributed by atoms with Crippen molar-refractivity contribution in [3.63, 3.8) is 0 Å². The average molecular weight is 236 g/mol. The van der Waals surface area contributed by atoms with Crippen LogP contribution in [0.2, 0.25) is 0 Å². The average Bonchev–Trinajstić information content (AvgIpc) is 2.67. The van der Waals surface area contributed by atoms with Crippen LogP contribution in [-0.4, -0.2) is 28.8 Å². The summed E-state index contributed by atoms with van der Waals surface area (Å²) in [5.74, 6) is -0.509. The summed E-state index contributed by atoms with van der Waals surface area (Å²) < 4.78 is 13.7. The highest BCUT2D eigenvalue weighted by Crippen LogP contribution is 2.25. The summed E-state index contributed by atoms with van der Waals surface area (Å²) >= 11 is 0. The monoisotopic (exact) mass is 236 g/mol. The Labute approximate surface area is 97.5 Å². The number of carbonyl (C=O) groups is 1. The van der Waals surface area contributed by atoms with E-state index in [-0.39, 0.29) is 5.75 Å². The number of phenols is 1. The molecule has 3 N–H and O–H groups in total. The van der Waals surface area contributed by atoms with Crippen molar-refractivity contribution < 1.29 is 14.3 Å². The Morgan fingerprint density at radius 2 is 2.24 bits per heavy atom. The van der Waals surface area contributed by atoms with E-state index in [4.69, 9.17) is 5.73 Å². The first-order valence-corrected chi connectivity index (χ1v) is 5.29. The summed E-state index contributed by atoms with van der Waals surface area (Å²) in [6.45, 7) is -0.620. The quantitative estimate of drug-likeness (QED) is 0.847. The second-order valence-electron chi connectivity index (χ2n) is 3.79. The number of benzene rings is 1. The van der Waals surface area contributed by atoms with Crippen LogP contribution in [0.15, 0.2) is 24.4 Å². The molecule has 0 spiro atoms. The Morgan fingerprint density at radius 3 is 2.88 bits per heavy atom. The van der Waals surface area contributed by atoms with Crippen molar-refractivity contribution in [1.29, 1.82) is 0 Å². The summed E-state index contributed by atoms with van der Waals surface area (Å²) in [6.07, 6.45) is 2.16. The third-order valence-electron chi connectivity index (χ3n) is 2.67. The van der Waals surface area contributed by atoms with Crippen LogP contribution < -0.4 is 5.73 Å². The Hall–Kier alpha value is -1.88. The number of phenolic OH excluding ortho intramolecular Hbond substituents is 1. The number of nitrogens with zero attached hydrogens (tertiary/aromatic N) is 1. The minimum atomic E-state index is -1.05. The summed E-state index contributed by atoms with van der Waals surface area (Å²) in [6, 6.07) is 4.62. The van der Waals surface area contributed by atoms with Crippen molar-refractivity contribution >= 4 is 16.8 Å². The lowest BCUT2D eigenvalue weighted by atomic mass is 10.1. The lowest BCUT2D eigenvalue weighted by Gasteiger charge is -1.99. The third kappa shape index (κ3) is 2.01. The van der Waals surface area contributed by atoms with Gasteiger partial charge in [0.15, 0.2) is 6.67 Å². The van der Waals surface area contributed by atoms with Gasteiger partial charge in [-0.25, -0.2) is 4.39 Å². The van der Waals surface area contributed by atoms with Crippen molar-refractivity contribution in [2.75, 3.05) is 13.2 Å². The third-order valence-corrected chi connectivity index (χ3v) is 2.67. The van der Waals surface area contributed by atoms with Crippen LogP contribution in [0.1, 0.15) is 10.4 Å². The van der Waals surface area contributed by atoms with Gasteiger partial charge in [-0.15, -0.1) is 0 Å². The molecule has 0 aliphatic rings. The molecule has 1 aromatic carbocycles.